The monoisotopic (exact) mass is 238 g/mol. The zero-order valence-corrected chi connectivity index (χ0v) is 10.1. The molecule has 0 atom stereocenters. The molecular weight excluding hydrogens is 220 g/mol. The summed E-state index contributed by atoms with van der Waals surface area (Å²) in [4.78, 5) is 14.9. The Morgan fingerprint density at radius 2 is 2.06 bits per heavy atom. The van der Waals surface area contributed by atoms with Crippen LogP contribution in [0.2, 0.25) is 0 Å². The van der Waals surface area contributed by atoms with Crippen molar-refractivity contribution in [3.05, 3.63) is 17.9 Å². The summed E-state index contributed by atoms with van der Waals surface area (Å²) in [6.07, 6.45) is 0.582. The van der Waals surface area contributed by atoms with Crippen molar-refractivity contribution >= 4 is 11.9 Å². The molecule has 1 saturated heterocycles. The van der Waals surface area contributed by atoms with E-state index in [1.807, 2.05) is 12.1 Å². The van der Waals surface area contributed by atoms with E-state index in [2.05, 4.69) is 16.8 Å². The van der Waals surface area contributed by atoms with Gasteiger partial charge in [0.25, 0.3) is 0 Å². The lowest BCUT2D eigenvalue weighted by molar-refractivity contribution is -0.137. The first-order valence-electron chi connectivity index (χ1n) is 5.89. The van der Waals surface area contributed by atoms with Gasteiger partial charge in [-0.25, -0.2) is 0 Å². The van der Waals surface area contributed by atoms with Crippen LogP contribution in [0, 0.1) is 0 Å². The van der Waals surface area contributed by atoms with E-state index in [0.29, 0.717) is 6.42 Å². The maximum absolute atomic E-state index is 10.5. The van der Waals surface area contributed by atoms with E-state index < -0.39 is 5.97 Å². The smallest absolute Gasteiger partial charge is 0.303 e. The van der Waals surface area contributed by atoms with Gasteiger partial charge < -0.3 is 19.3 Å². The van der Waals surface area contributed by atoms with Gasteiger partial charge in [0.15, 0.2) is 5.88 Å². The van der Waals surface area contributed by atoms with Gasteiger partial charge in [-0.15, -0.1) is 0 Å². The Hall–Kier alpha value is -1.49. The standard InChI is InChI=1S/C12H18N2O3/c1-13-6-8-14(9-7-13)11-4-2-10(17-11)3-5-12(15)16/h2,4H,3,5-9H2,1H3,(H,15,16). The van der Waals surface area contributed by atoms with E-state index in [1.54, 1.807) is 0 Å². The molecule has 17 heavy (non-hydrogen) atoms. The van der Waals surface area contributed by atoms with Crippen molar-refractivity contribution in [2.24, 2.45) is 0 Å². The Balaban J connectivity index is 1.91. The largest absolute Gasteiger partial charge is 0.481 e. The van der Waals surface area contributed by atoms with E-state index in [0.717, 1.165) is 37.8 Å². The summed E-state index contributed by atoms with van der Waals surface area (Å²) in [6, 6.07) is 3.80. The number of nitrogens with zero attached hydrogens (tertiary/aromatic N) is 2. The van der Waals surface area contributed by atoms with Gasteiger partial charge in [0.05, 0.1) is 6.42 Å². The Labute approximate surface area is 101 Å². The van der Waals surface area contributed by atoms with Crippen LogP contribution in [0.15, 0.2) is 16.5 Å². The highest BCUT2D eigenvalue weighted by Crippen LogP contribution is 2.20. The Morgan fingerprint density at radius 3 is 2.71 bits per heavy atom. The van der Waals surface area contributed by atoms with E-state index in [-0.39, 0.29) is 6.42 Å². The lowest BCUT2D eigenvalue weighted by Gasteiger charge is -2.32. The van der Waals surface area contributed by atoms with E-state index >= 15 is 0 Å². The molecule has 1 N–H and O–H groups in total. The van der Waals surface area contributed by atoms with E-state index in [9.17, 15) is 4.79 Å². The van der Waals surface area contributed by atoms with E-state index in [1.165, 1.54) is 0 Å². The van der Waals surface area contributed by atoms with Crippen LogP contribution >= 0.6 is 0 Å². The van der Waals surface area contributed by atoms with Crippen molar-refractivity contribution in [2.45, 2.75) is 12.8 Å². The molecule has 0 bridgehead atoms. The molecular formula is C12H18N2O3. The number of carboxylic acid groups (broad SMARTS) is 1. The summed E-state index contributed by atoms with van der Waals surface area (Å²) in [7, 11) is 2.11. The molecule has 1 aliphatic rings. The minimum Gasteiger partial charge on any atom is -0.481 e. The highest BCUT2D eigenvalue weighted by Gasteiger charge is 2.17. The molecule has 1 fully saturated rings. The van der Waals surface area contributed by atoms with Gasteiger partial charge in [0.2, 0.25) is 0 Å². The Bertz CT molecular complexity index is 381. The van der Waals surface area contributed by atoms with Crippen molar-refractivity contribution in [1.82, 2.24) is 4.90 Å². The minimum absolute atomic E-state index is 0.121. The normalized spacial score (nSPS) is 17.4. The number of furan rings is 1. The van der Waals surface area contributed by atoms with Gasteiger partial charge in [0, 0.05) is 38.7 Å². The van der Waals surface area contributed by atoms with Crippen LogP contribution < -0.4 is 4.90 Å². The molecule has 1 aromatic heterocycles. The summed E-state index contributed by atoms with van der Waals surface area (Å²) >= 11 is 0. The first-order valence-corrected chi connectivity index (χ1v) is 5.89. The zero-order valence-electron chi connectivity index (χ0n) is 10.1. The molecule has 0 aliphatic carbocycles. The van der Waals surface area contributed by atoms with Crippen molar-refractivity contribution < 1.29 is 14.3 Å². The molecule has 5 heteroatoms. The van der Waals surface area contributed by atoms with E-state index in [4.69, 9.17) is 9.52 Å². The molecule has 0 amide bonds. The first-order chi connectivity index (χ1) is 8.15. The van der Waals surface area contributed by atoms with Crippen molar-refractivity contribution in [2.75, 3.05) is 38.1 Å². The summed E-state index contributed by atoms with van der Waals surface area (Å²) < 4.78 is 5.65. The molecule has 0 aromatic carbocycles. The topological polar surface area (TPSA) is 56.9 Å². The number of aliphatic carboxylic acids is 1. The third-order valence-corrected chi connectivity index (χ3v) is 3.05. The predicted octanol–water partition coefficient (Wildman–Crippen LogP) is 1.05. The van der Waals surface area contributed by atoms with Crippen LogP contribution in [0.5, 0.6) is 0 Å². The lowest BCUT2D eigenvalue weighted by Crippen LogP contribution is -2.44. The quantitative estimate of drug-likeness (QED) is 0.849. The molecule has 1 aliphatic heterocycles. The molecule has 0 saturated carbocycles. The lowest BCUT2D eigenvalue weighted by atomic mass is 10.2. The maximum Gasteiger partial charge on any atom is 0.303 e. The summed E-state index contributed by atoms with van der Waals surface area (Å²) in [5.74, 6) is 0.822. The van der Waals surface area contributed by atoms with Crippen LogP contribution in [-0.4, -0.2) is 49.2 Å². The number of likely N-dealkylation sites (N-methyl/N-ethyl adjacent to an activating group) is 1. The number of piperazine rings is 1. The van der Waals surface area contributed by atoms with Crippen LogP contribution in [0.3, 0.4) is 0 Å². The summed E-state index contributed by atoms with van der Waals surface area (Å²) in [6.45, 7) is 3.99. The van der Waals surface area contributed by atoms with Gasteiger partial charge in [-0.3, -0.25) is 4.79 Å². The molecule has 94 valence electrons. The maximum atomic E-state index is 10.5. The fourth-order valence-corrected chi connectivity index (χ4v) is 1.93. The number of anilines is 1. The van der Waals surface area contributed by atoms with Crippen LogP contribution in [0.4, 0.5) is 5.88 Å². The Morgan fingerprint density at radius 1 is 1.35 bits per heavy atom. The number of rotatable bonds is 4. The molecule has 1 aromatic rings. The SMILES string of the molecule is CN1CCN(c2ccc(CCC(=O)O)o2)CC1. The molecule has 2 rings (SSSR count). The van der Waals surface area contributed by atoms with Crippen LogP contribution in [0.1, 0.15) is 12.2 Å². The third-order valence-electron chi connectivity index (χ3n) is 3.05. The molecule has 0 spiro atoms. The molecule has 0 unspecified atom stereocenters. The second-order valence-electron chi connectivity index (χ2n) is 4.42. The fraction of sp³-hybridized carbons (Fsp3) is 0.583. The van der Waals surface area contributed by atoms with Crippen LogP contribution in [0.25, 0.3) is 0 Å². The summed E-state index contributed by atoms with van der Waals surface area (Å²) in [5, 5.41) is 8.60. The van der Waals surface area contributed by atoms with Gasteiger partial charge in [0.1, 0.15) is 5.76 Å². The predicted molar refractivity (Wildman–Crippen MR) is 64.4 cm³/mol. The highest BCUT2D eigenvalue weighted by molar-refractivity contribution is 5.66. The number of aryl methyl sites for hydroxylation is 1. The Kier molecular flexibility index (Phi) is 3.68. The highest BCUT2D eigenvalue weighted by atomic mass is 16.4. The number of carboxylic acids is 1. The molecule has 2 heterocycles. The third kappa shape index (κ3) is 3.23. The van der Waals surface area contributed by atoms with Gasteiger partial charge >= 0.3 is 5.97 Å². The fourth-order valence-electron chi connectivity index (χ4n) is 1.93. The number of hydrogen-bond donors (Lipinski definition) is 1. The average Bonchev–Trinajstić information content (AvgIpc) is 2.76. The average molecular weight is 238 g/mol. The van der Waals surface area contributed by atoms with Crippen molar-refractivity contribution in [1.29, 1.82) is 0 Å². The van der Waals surface area contributed by atoms with Gasteiger partial charge in [-0.1, -0.05) is 0 Å². The van der Waals surface area contributed by atoms with Gasteiger partial charge in [-0.05, 0) is 13.1 Å². The first kappa shape index (κ1) is 12.0. The zero-order chi connectivity index (χ0) is 12.3. The second-order valence-corrected chi connectivity index (χ2v) is 4.42. The molecule has 0 radical (unpaired) electrons. The van der Waals surface area contributed by atoms with Crippen molar-refractivity contribution in [3.63, 3.8) is 0 Å². The van der Waals surface area contributed by atoms with Crippen LogP contribution in [-0.2, 0) is 11.2 Å². The summed E-state index contributed by atoms with van der Waals surface area (Å²) in [5.41, 5.74) is 0. The minimum atomic E-state index is -0.789. The van der Waals surface area contributed by atoms with Gasteiger partial charge in [-0.2, -0.15) is 0 Å². The number of hydrogen-bond acceptors (Lipinski definition) is 4. The molecule has 5 nitrogen and oxygen atoms in total. The number of carbonyl (C=O) groups is 1. The second kappa shape index (κ2) is 5.23. The van der Waals surface area contributed by atoms with Crippen molar-refractivity contribution in [3.8, 4) is 0 Å².